The van der Waals surface area contributed by atoms with Crippen LogP contribution >= 0.6 is 0 Å². The fraction of sp³-hybridized carbons (Fsp3) is 0.143. The normalized spacial score (nSPS) is 10.5. The molecule has 0 aromatic carbocycles. The SMILES string of the molecule is Cc1cn(-c2n[nH]c(=O)[nH]c2=O)nc1N. The zero-order valence-corrected chi connectivity index (χ0v) is 7.81. The van der Waals surface area contributed by atoms with E-state index in [0.717, 1.165) is 5.56 Å². The smallest absolute Gasteiger partial charge is 0.342 e. The second kappa shape index (κ2) is 3.08. The molecule has 0 fully saturated rings. The van der Waals surface area contributed by atoms with Crippen LogP contribution in [0.2, 0.25) is 0 Å². The molecule has 8 heteroatoms. The molecule has 0 aliphatic heterocycles. The van der Waals surface area contributed by atoms with E-state index in [-0.39, 0.29) is 5.82 Å². The molecule has 0 saturated heterocycles. The standard InChI is InChI=1S/C7H8N6O2/c1-3-2-13(12-4(3)8)5-6(14)9-7(15)11-10-5/h2H,1H3,(H2,8,12)(H2,9,11,14,15). The zero-order valence-electron chi connectivity index (χ0n) is 7.81. The number of nitrogens with one attached hydrogen (secondary N) is 2. The molecule has 2 heterocycles. The van der Waals surface area contributed by atoms with Crippen molar-refractivity contribution in [3.05, 3.63) is 32.6 Å². The highest BCUT2D eigenvalue weighted by Crippen LogP contribution is 2.07. The Morgan fingerprint density at radius 2 is 2.20 bits per heavy atom. The zero-order chi connectivity index (χ0) is 11.0. The predicted molar refractivity (Wildman–Crippen MR) is 51.7 cm³/mol. The molecule has 15 heavy (non-hydrogen) atoms. The summed E-state index contributed by atoms with van der Waals surface area (Å²) in [6, 6.07) is 0. The highest BCUT2D eigenvalue weighted by molar-refractivity contribution is 5.38. The van der Waals surface area contributed by atoms with E-state index in [9.17, 15) is 9.59 Å². The van der Waals surface area contributed by atoms with E-state index in [1.807, 2.05) is 4.98 Å². The van der Waals surface area contributed by atoms with Crippen LogP contribution in [0, 0.1) is 6.92 Å². The number of nitrogens with two attached hydrogens (primary N) is 1. The Morgan fingerprint density at radius 1 is 1.47 bits per heavy atom. The summed E-state index contributed by atoms with van der Waals surface area (Å²) in [6.07, 6.45) is 1.55. The van der Waals surface area contributed by atoms with Crippen LogP contribution in [0.4, 0.5) is 5.82 Å². The van der Waals surface area contributed by atoms with Gasteiger partial charge in [-0.3, -0.25) is 9.78 Å². The van der Waals surface area contributed by atoms with Crippen LogP contribution in [0.5, 0.6) is 0 Å². The monoisotopic (exact) mass is 208 g/mol. The number of aryl methyl sites for hydroxylation is 1. The lowest BCUT2D eigenvalue weighted by molar-refractivity contribution is 0.768. The Morgan fingerprint density at radius 3 is 2.73 bits per heavy atom. The second-order valence-electron chi connectivity index (χ2n) is 2.97. The number of H-pyrrole nitrogens is 2. The Kier molecular flexibility index (Phi) is 1.89. The molecule has 2 aromatic heterocycles. The van der Waals surface area contributed by atoms with Crippen molar-refractivity contribution in [2.45, 2.75) is 6.92 Å². The number of hydrogen-bond acceptors (Lipinski definition) is 5. The third-order valence-electron chi connectivity index (χ3n) is 1.85. The highest BCUT2D eigenvalue weighted by atomic mass is 16.2. The van der Waals surface area contributed by atoms with Crippen molar-refractivity contribution in [3.63, 3.8) is 0 Å². The maximum absolute atomic E-state index is 11.3. The number of nitrogen functional groups attached to an aromatic ring is 1. The van der Waals surface area contributed by atoms with Gasteiger partial charge in [-0.05, 0) is 6.92 Å². The molecule has 0 saturated carbocycles. The summed E-state index contributed by atoms with van der Waals surface area (Å²) in [5, 5.41) is 9.53. The molecule has 4 N–H and O–H groups in total. The van der Waals surface area contributed by atoms with E-state index < -0.39 is 11.2 Å². The van der Waals surface area contributed by atoms with Gasteiger partial charge in [-0.2, -0.15) is 0 Å². The first kappa shape index (κ1) is 9.19. The molecule has 2 aromatic rings. The van der Waals surface area contributed by atoms with Gasteiger partial charge in [-0.1, -0.05) is 0 Å². The largest absolute Gasteiger partial charge is 0.382 e. The quantitative estimate of drug-likeness (QED) is 0.528. The van der Waals surface area contributed by atoms with Crippen molar-refractivity contribution in [3.8, 4) is 5.82 Å². The molecular formula is C7H8N6O2. The van der Waals surface area contributed by atoms with E-state index in [1.165, 1.54) is 4.68 Å². The maximum Gasteiger partial charge on any atom is 0.342 e. The van der Waals surface area contributed by atoms with Crippen molar-refractivity contribution in [1.82, 2.24) is 25.0 Å². The van der Waals surface area contributed by atoms with Gasteiger partial charge in [0.2, 0.25) is 5.82 Å². The van der Waals surface area contributed by atoms with Gasteiger partial charge in [0.25, 0.3) is 5.56 Å². The van der Waals surface area contributed by atoms with Crippen LogP contribution in [0.1, 0.15) is 5.56 Å². The van der Waals surface area contributed by atoms with Gasteiger partial charge in [-0.25, -0.2) is 14.6 Å². The van der Waals surface area contributed by atoms with Gasteiger partial charge in [0.15, 0.2) is 0 Å². The summed E-state index contributed by atoms with van der Waals surface area (Å²) in [5.41, 5.74) is 4.95. The van der Waals surface area contributed by atoms with E-state index in [2.05, 4.69) is 15.3 Å². The minimum Gasteiger partial charge on any atom is -0.382 e. The van der Waals surface area contributed by atoms with Crippen molar-refractivity contribution in [2.24, 2.45) is 0 Å². The summed E-state index contributed by atoms with van der Waals surface area (Å²) in [4.78, 5) is 24.1. The average molecular weight is 208 g/mol. The average Bonchev–Trinajstić information content (AvgIpc) is 2.46. The van der Waals surface area contributed by atoms with Gasteiger partial charge in [0.05, 0.1) is 0 Å². The van der Waals surface area contributed by atoms with Crippen molar-refractivity contribution < 1.29 is 0 Å². The van der Waals surface area contributed by atoms with Crippen LogP contribution in [-0.2, 0) is 0 Å². The number of anilines is 1. The topological polar surface area (TPSA) is 122 Å². The summed E-state index contributed by atoms with van der Waals surface area (Å²) in [6.45, 7) is 1.75. The van der Waals surface area contributed by atoms with Gasteiger partial charge in [-0.15, -0.1) is 10.2 Å². The van der Waals surface area contributed by atoms with Crippen LogP contribution in [0.15, 0.2) is 15.8 Å². The van der Waals surface area contributed by atoms with Gasteiger partial charge >= 0.3 is 5.69 Å². The molecule has 0 spiro atoms. The van der Waals surface area contributed by atoms with E-state index in [0.29, 0.717) is 5.82 Å². The van der Waals surface area contributed by atoms with Crippen molar-refractivity contribution in [1.29, 1.82) is 0 Å². The third-order valence-corrected chi connectivity index (χ3v) is 1.85. The first-order chi connectivity index (χ1) is 7.08. The summed E-state index contributed by atoms with van der Waals surface area (Å²) in [5.74, 6) is 0.275. The van der Waals surface area contributed by atoms with E-state index in [1.54, 1.807) is 13.1 Å². The Balaban J connectivity index is 2.64. The minimum absolute atomic E-state index is 0.0330. The molecular weight excluding hydrogens is 200 g/mol. The molecule has 0 amide bonds. The van der Waals surface area contributed by atoms with Crippen LogP contribution in [-0.4, -0.2) is 25.0 Å². The molecule has 8 nitrogen and oxygen atoms in total. The number of nitrogens with zero attached hydrogens (tertiary/aromatic N) is 3. The summed E-state index contributed by atoms with van der Waals surface area (Å²) in [7, 11) is 0. The molecule has 0 unspecified atom stereocenters. The number of hydrogen-bond donors (Lipinski definition) is 3. The van der Waals surface area contributed by atoms with E-state index in [4.69, 9.17) is 5.73 Å². The molecule has 2 rings (SSSR count). The lowest BCUT2D eigenvalue weighted by atomic mass is 10.4. The molecule has 0 radical (unpaired) electrons. The second-order valence-corrected chi connectivity index (χ2v) is 2.97. The molecule has 0 bridgehead atoms. The fourth-order valence-electron chi connectivity index (χ4n) is 1.08. The number of aromatic nitrogens is 5. The predicted octanol–water partition coefficient (Wildman–Crippen LogP) is -1.47. The fourth-order valence-corrected chi connectivity index (χ4v) is 1.08. The summed E-state index contributed by atoms with van der Waals surface area (Å²) >= 11 is 0. The summed E-state index contributed by atoms with van der Waals surface area (Å²) < 4.78 is 1.21. The van der Waals surface area contributed by atoms with Crippen molar-refractivity contribution in [2.75, 3.05) is 5.73 Å². The lowest BCUT2D eigenvalue weighted by Crippen LogP contribution is -2.28. The Bertz CT molecular complexity index is 587. The molecule has 0 aliphatic rings. The molecule has 0 aliphatic carbocycles. The first-order valence-corrected chi connectivity index (χ1v) is 4.09. The van der Waals surface area contributed by atoms with Crippen molar-refractivity contribution >= 4 is 5.82 Å². The van der Waals surface area contributed by atoms with Crippen LogP contribution in [0.25, 0.3) is 5.82 Å². The Hall–Kier alpha value is -2.38. The van der Waals surface area contributed by atoms with Crippen LogP contribution < -0.4 is 17.0 Å². The minimum atomic E-state index is -0.666. The van der Waals surface area contributed by atoms with Gasteiger partial charge < -0.3 is 5.73 Å². The molecule has 0 atom stereocenters. The Labute approximate surface area is 82.8 Å². The highest BCUT2D eigenvalue weighted by Gasteiger charge is 2.08. The molecule has 78 valence electrons. The third kappa shape index (κ3) is 1.52. The maximum atomic E-state index is 11.3. The van der Waals surface area contributed by atoms with Crippen LogP contribution in [0.3, 0.4) is 0 Å². The van der Waals surface area contributed by atoms with E-state index >= 15 is 0 Å². The number of aromatic amines is 2. The van der Waals surface area contributed by atoms with Gasteiger partial charge in [0, 0.05) is 11.8 Å². The number of rotatable bonds is 1. The lowest BCUT2D eigenvalue weighted by Gasteiger charge is -1.95. The first-order valence-electron chi connectivity index (χ1n) is 4.09. The van der Waals surface area contributed by atoms with Gasteiger partial charge in [0.1, 0.15) is 5.82 Å².